The average Bonchev–Trinajstić information content (AvgIpc) is 1.78. The van der Waals surface area contributed by atoms with Gasteiger partial charge in [0.2, 0.25) is 0 Å². The summed E-state index contributed by atoms with van der Waals surface area (Å²) in [5, 5.41) is 20.6. The normalized spacial score (nSPS) is 16.4. The van der Waals surface area contributed by atoms with Crippen LogP contribution in [-0.2, 0) is 9.53 Å². The SMILES string of the molecule is CC(C)(C)OC(O)(I)NCCC(=O)O. The Morgan fingerprint density at radius 1 is 1.50 bits per heavy atom. The molecule has 0 amide bonds. The summed E-state index contributed by atoms with van der Waals surface area (Å²) in [4.78, 5) is 10.2. The molecule has 1 unspecified atom stereocenters. The highest BCUT2D eigenvalue weighted by atomic mass is 127. The molecular formula is C8H16INO4. The first-order chi connectivity index (χ1) is 6.12. The molecule has 3 N–H and O–H groups in total. The Labute approximate surface area is 97.0 Å². The van der Waals surface area contributed by atoms with Crippen molar-refractivity contribution < 1.29 is 19.7 Å². The van der Waals surface area contributed by atoms with Gasteiger partial charge in [-0.2, -0.15) is 0 Å². The third kappa shape index (κ3) is 8.67. The molecule has 0 aliphatic carbocycles. The number of carbonyl (C=O) groups is 1. The lowest BCUT2D eigenvalue weighted by Gasteiger charge is -2.30. The molecule has 0 heterocycles. The quantitative estimate of drug-likeness (QED) is 0.304. The summed E-state index contributed by atoms with van der Waals surface area (Å²) in [5.41, 5.74) is -0.494. The van der Waals surface area contributed by atoms with Crippen molar-refractivity contribution in [1.82, 2.24) is 5.32 Å². The van der Waals surface area contributed by atoms with Crippen molar-refractivity contribution in [3.05, 3.63) is 0 Å². The van der Waals surface area contributed by atoms with Crippen molar-refractivity contribution in [1.29, 1.82) is 0 Å². The fraction of sp³-hybridized carbons (Fsp3) is 0.875. The van der Waals surface area contributed by atoms with E-state index >= 15 is 0 Å². The van der Waals surface area contributed by atoms with Gasteiger partial charge in [0.15, 0.2) is 0 Å². The van der Waals surface area contributed by atoms with Crippen molar-refractivity contribution in [3.63, 3.8) is 0 Å². The second kappa shape index (κ2) is 5.24. The minimum absolute atomic E-state index is 0.0567. The van der Waals surface area contributed by atoms with Crippen LogP contribution >= 0.6 is 22.6 Å². The van der Waals surface area contributed by atoms with Gasteiger partial charge in [-0.3, -0.25) is 10.1 Å². The number of carboxylic acids is 1. The largest absolute Gasteiger partial charge is 0.481 e. The predicted octanol–water partition coefficient (Wildman–Crippen LogP) is 0.904. The van der Waals surface area contributed by atoms with Gasteiger partial charge >= 0.3 is 5.97 Å². The maximum Gasteiger partial charge on any atom is 0.304 e. The molecule has 0 fully saturated rings. The van der Waals surface area contributed by atoms with Crippen molar-refractivity contribution in [2.75, 3.05) is 6.54 Å². The van der Waals surface area contributed by atoms with Crippen molar-refractivity contribution >= 4 is 28.6 Å². The number of hydrogen-bond donors (Lipinski definition) is 3. The summed E-state index contributed by atoms with van der Waals surface area (Å²) in [6, 6.07) is 0. The van der Waals surface area contributed by atoms with Gasteiger partial charge in [0.05, 0.1) is 12.0 Å². The van der Waals surface area contributed by atoms with Gasteiger partial charge in [-0.05, 0) is 20.8 Å². The smallest absolute Gasteiger partial charge is 0.304 e. The van der Waals surface area contributed by atoms with E-state index in [1.807, 2.05) is 0 Å². The molecule has 0 radical (unpaired) electrons. The first-order valence-electron chi connectivity index (χ1n) is 4.21. The van der Waals surface area contributed by atoms with Crippen LogP contribution in [0.4, 0.5) is 0 Å². The number of alkyl halides is 1. The highest BCUT2D eigenvalue weighted by molar-refractivity contribution is 14.1. The second-order valence-electron chi connectivity index (χ2n) is 3.85. The molecule has 5 nitrogen and oxygen atoms in total. The first-order valence-corrected chi connectivity index (χ1v) is 5.28. The first kappa shape index (κ1) is 14.1. The van der Waals surface area contributed by atoms with E-state index < -0.39 is 15.5 Å². The lowest BCUT2D eigenvalue weighted by atomic mass is 10.2. The molecule has 0 saturated carbocycles. The van der Waals surface area contributed by atoms with E-state index in [0.29, 0.717) is 0 Å². The summed E-state index contributed by atoms with van der Waals surface area (Å²) in [6.07, 6.45) is -0.0567. The van der Waals surface area contributed by atoms with Crippen LogP contribution in [0.25, 0.3) is 0 Å². The van der Waals surface area contributed by atoms with Gasteiger partial charge in [0.25, 0.3) is 3.92 Å². The number of rotatable bonds is 5. The van der Waals surface area contributed by atoms with Gasteiger partial charge < -0.3 is 14.9 Å². The molecule has 0 aromatic carbocycles. The maximum atomic E-state index is 10.2. The van der Waals surface area contributed by atoms with Gasteiger partial charge in [-0.15, -0.1) is 0 Å². The van der Waals surface area contributed by atoms with Crippen molar-refractivity contribution in [2.24, 2.45) is 0 Å². The zero-order chi connectivity index (χ0) is 11.4. The Morgan fingerprint density at radius 2 is 2.00 bits per heavy atom. The molecule has 0 rings (SSSR count). The summed E-state index contributed by atoms with van der Waals surface area (Å²) in [6.45, 7) is 5.56. The zero-order valence-electron chi connectivity index (χ0n) is 8.50. The van der Waals surface area contributed by atoms with E-state index in [9.17, 15) is 9.90 Å². The Kier molecular flexibility index (Phi) is 5.27. The molecule has 0 bridgehead atoms. The van der Waals surface area contributed by atoms with Crippen LogP contribution in [0.3, 0.4) is 0 Å². The van der Waals surface area contributed by atoms with E-state index in [0.717, 1.165) is 0 Å². The monoisotopic (exact) mass is 317 g/mol. The molecular weight excluding hydrogens is 301 g/mol. The van der Waals surface area contributed by atoms with Crippen LogP contribution < -0.4 is 5.32 Å². The standard InChI is InChI=1S/C8H16INO4/c1-7(2,3)14-8(9,13)10-5-4-6(11)12/h10,13H,4-5H2,1-3H3,(H,11,12). The molecule has 6 heteroatoms. The Balaban J connectivity index is 3.89. The summed E-state index contributed by atoms with van der Waals surface area (Å²) in [5.74, 6) is -0.916. The Bertz CT molecular complexity index is 200. The van der Waals surface area contributed by atoms with E-state index in [1.165, 1.54) is 0 Å². The maximum absolute atomic E-state index is 10.2. The lowest BCUT2D eigenvalue weighted by molar-refractivity contribution is -0.195. The number of hydrogen-bond acceptors (Lipinski definition) is 4. The van der Waals surface area contributed by atoms with Crippen LogP contribution in [0.2, 0.25) is 0 Å². The third-order valence-electron chi connectivity index (χ3n) is 1.12. The molecule has 0 aliphatic rings. The Morgan fingerprint density at radius 3 is 2.36 bits per heavy atom. The average molecular weight is 317 g/mol. The van der Waals surface area contributed by atoms with Gasteiger partial charge in [-0.1, -0.05) is 0 Å². The van der Waals surface area contributed by atoms with Crippen molar-refractivity contribution in [3.8, 4) is 0 Å². The zero-order valence-corrected chi connectivity index (χ0v) is 10.7. The molecule has 0 saturated heterocycles. The highest BCUT2D eigenvalue weighted by Crippen LogP contribution is 2.21. The van der Waals surface area contributed by atoms with E-state index in [1.54, 1.807) is 43.4 Å². The summed E-state index contributed by atoms with van der Waals surface area (Å²) in [7, 11) is 0. The topological polar surface area (TPSA) is 78.8 Å². The molecule has 0 aromatic heterocycles. The Hall–Kier alpha value is 0.0800. The fourth-order valence-electron chi connectivity index (χ4n) is 0.765. The van der Waals surface area contributed by atoms with E-state index in [4.69, 9.17) is 9.84 Å². The number of nitrogens with one attached hydrogen (secondary N) is 1. The number of ether oxygens (including phenoxy) is 1. The van der Waals surface area contributed by atoms with E-state index in [-0.39, 0.29) is 13.0 Å². The third-order valence-corrected chi connectivity index (χ3v) is 1.72. The molecule has 0 aliphatic heterocycles. The molecule has 1 atom stereocenters. The lowest BCUT2D eigenvalue weighted by Crippen LogP contribution is -2.47. The predicted molar refractivity (Wildman–Crippen MR) is 60.1 cm³/mol. The number of carboxylic acid groups (broad SMARTS) is 1. The minimum Gasteiger partial charge on any atom is -0.481 e. The van der Waals surface area contributed by atoms with Crippen molar-refractivity contribution in [2.45, 2.75) is 36.7 Å². The van der Waals surface area contributed by atoms with Crippen LogP contribution in [-0.4, -0.2) is 32.2 Å². The molecule has 0 aromatic rings. The summed E-state index contributed by atoms with van der Waals surface area (Å²) < 4.78 is 3.72. The van der Waals surface area contributed by atoms with Gasteiger partial charge in [0.1, 0.15) is 0 Å². The second-order valence-corrected chi connectivity index (χ2v) is 5.31. The highest BCUT2D eigenvalue weighted by Gasteiger charge is 2.29. The van der Waals surface area contributed by atoms with Crippen LogP contribution in [0.1, 0.15) is 27.2 Å². The van der Waals surface area contributed by atoms with Gasteiger partial charge in [0, 0.05) is 29.1 Å². The van der Waals surface area contributed by atoms with E-state index in [2.05, 4.69) is 5.32 Å². The van der Waals surface area contributed by atoms with Crippen LogP contribution in [0.15, 0.2) is 0 Å². The molecule has 0 spiro atoms. The van der Waals surface area contributed by atoms with Crippen LogP contribution in [0.5, 0.6) is 0 Å². The fourth-order valence-corrected chi connectivity index (χ4v) is 1.70. The number of aliphatic carboxylic acids is 1. The molecule has 14 heavy (non-hydrogen) atoms. The molecule has 84 valence electrons. The number of halogens is 1. The summed E-state index contributed by atoms with van der Waals surface area (Å²) >= 11 is 1.68. The van der Waals surface area contributed by atoms with Crippen LogP contribution in [0, 0.1) is 0 Å². The van der Waals surface area contributed by atoms with Gasteiger partial charge in [-0.25, -0.2) is 0 Å². The minimum atomic E-state index is -1.52. The number of aliphatic hydroxyl groups is 1.